The Kier molecular flexibility index (Phi) is 5.46. The van der Waals surface area contributed by atoms with E-state index in [9.17, 15) is 0 Å². The second-order valence-corrected chi connectivity index (χ2v) is 6.43. The Morgan fingerprint density at radius 3 is 2.88 bits per heavy atom. The van der Waals surface area contributed by atoms with E-state index in [-0.39, 0.29) is 0 Å². The van der Waals surface area contributed by atoms with Crippen LogP contribution in [-0.4, -0.2) is 48.6 Å². The van der Waals surface area contributed by atoms with Crippen LogP contribution >= 0.6 is 11.8 Å². The topological polar surface area (TPSA) is 15.3 Å². The zero-order chi connectivity index (χ0) is 11.2. The highest BCUT2D eigenvalue weighted by Crippen LogP contribution is 2.24. The Morgan fingerprint density at radius 1 is 1.31 bits per heavy atom. The van der Waals surface area contributed by atoms with Crippen LogP contribution in [0.4, 0.5) is 0 Å². The second kappa shape index (κ2) is 6.87. The van der Waals surface area contributed by atoms with Gasteiger partial charge in [0.25, 0.3) is 0 Å². The molecule has 0 aliphatic carbocycles. The lowest BCUT2D eigenvalue weighted by molar-refractivity contribution is 0.220. The van der Waals surface area contributed by atoms with E-state index in [2.05, 4.69) is 28.9 Å². The fourth-order valence-electron chi connectivity index (χ4n) is 2.89. The first-order valence-electron chi connectivity index (χ1n) is 6.92. The molecule has 2 unspecified atom stereocenters. The number of hydrogen-bond acceptors (Lipinski definition) is 3. The molecule has 16 heavy (non-hydrogen) atoms. The van der Waals surface area contributed by atoms with E-state index in [0.29, 0.717) is 0 Å². The summed E-state index contributed by atoms with van der Waals surface area (Å²) in [6.07, 6.45) is 5.51. The molecule has 0 aromatic heterocycles. The summed E-state index contributed by atoms with van der Waals surface area (Å²) in [4.78, 5) is 2.71. The summed E-state index contributed by atoms with van der Waals surface area (Å²) in [5.74, 6) is 3.77. The lowest BCUT2D eigenvalue weighted by atomic mass is 10.1. The molecule has 2 saturated heterocycles. The van der Waals surface area contributed by atoms with E-state index >= 15 is 0 Å². The molecule has 0 radical (unpaired) electrons. The van der Waals surface area contributed by atoms with Gasteiger partial charge < -0.3 is 10.2 Å². The highest BCUT2D eigenvalue weighted by atomic mass is 32.2. The van der Waals surface area contributed by atoms with Crippen molar-refractivity contribution in [2.75, 3.05) is 37.7 Å². The fraction of sp³-hybridized carbons (Fsp3) is 1.00. The van der Waals surface area contributed by atoms with Crippen LogP contribution in [0.2, 0.25) is 0 Å². The van der Waals surface area contributed by atoms with Crippen LogP contribution in [0.5, 0.6) is 0 Å². The molecule has 2 fully saturated rings. The largest absolute Gasteiger partial charge is 0.313 e. The van der Waals surface area contributed by atoms with Crippen LogP contribution in [0.15, 0.2) is 0 Å². The lowest BCUT2D eigenvalue weighted by Crippen LogP contribution is -2.40. The summed E-state index contributed by atoms with van der Waals surface area (Å²) < 4.78 is 0. The van der Waals surface area contributed by atoms with E-state index in [1.165, 1.54) is 63.4 Å². The average Bonchev–Trinajstić information content (AvgIpc) is 2.91. The molecule has 0 aromatic rings. The normalized spacial score (nSPS) is 30.4. The predicted octanol–water partition coefficient (Wildman–Crippen LogP) is 2.20. The van der Waals surface area contributed by atoms with Gasteiger partial charge in [0, 0.05) is 19.1 Å². The van der Waals surface area contributed by atoms with E-state index in [1.807, 2.05) is 0 Å². The van der Waals surface area contributed by atoms with Gasteiger partial charge in [-0.15, -0.1) is 0 Å². The molecule has 0 amide bonds. The van der Waals surface area contributed by atoms with Crippen molar-refractivity contribution in [1.29, 1.82) is 0 Å². The zero-order valence-corrected chi connectivity index (χ0v) is 11.4. The molecule has 2 rings (SSSR count). The van der Waals surface area contributed by atoms with Crippen LogP contribution < -0.4 is 5.32 Å². The molecule has 2 atom stereocenters. The minimum absolute atomic E-state index is 0.778. The van der Waals surface area contributed by atoms with Gasteiger partial charge in [-0.25, -0.2) is 0 Å². The first kappa shape index (κ1) is 12.7. The van der Waals surface area contributed by atoms with Crippen LogP contribution in [0, 0.1) is 5.92 Å². The molecule has 1 N–H and O–H groups in total. The first-order chi connectivity index (χ1) is 7.88. The summed E-state index contributed by atoms with van der Waals surface area (Å²) in [7, 11) is 0. The van der Waals surface area contributed by atoms with Gasteiger partial charge in [-0.05, 0) is 56.2 Å². The second-order valence-electron chi connectivity index (χ2n) is 5.28. The molecule has 0 aromatic carbocycles. The average molecular weight is 242 g/mol. The minimum atomic E-state index is 0.778. The predicted molar refractivity (Wildman–Crippen MR) is 73.2 cm³/mol. The number of thioether (sulfide) groups is 1. The third-order valence-corrected chi connectivity index (χ3v) is 4.95. The maximum Gasteiger partial charge on any atom is 0.0195 e. The Hall–Kier alpha value is 0.270. The number of nitrogens with zero attached hydrogens (tertiary/aromatic N) is 1. The van der Waals surface area contributed by atoms with E-state index < -0.39 is 0 Å². The molecular formula is C13H26N2S. The molecule has 2 nitrogen and oxygen atoms in total. The molecule has 0 spiro atoms. The van der Waals surface area contributed by atoms with Gasteiger partial charge >= 0.3 is 0 Å². The van der Waals surface area contributed by atoms with Crippen molar-refractivity contribution in [2.45, 2.75) is 38.6 Å². The molecular weight excluding hydrogens is 216 g/mol. The molecule has 0 saturated carbocycles. The summed E-state index contributed by atoms with van der Waals surface area (Å²) in [6, 6.07) is 0.778. The van der Waals surface area contributed by atoms with Crippen molar-refractivity contribution < 1.29 is 0 Å². The minimum Gasteiger partial charge on any atom is -0.313 e. The van der Waals surface area contributed by atoms with Crippen LogP contribution in [0.25, 0.3) is 0 Å². The van der Waals surface area contributed by atoms with Gasteiger partial charge in [0.15, 0.2) is 0 Å². The van der Waals surface area contributed by atoms with Crippen molar-refractivity contribution in [3.05, 3.63) is 0 Å². The lowest BCUT2D eigenvalue weighted by Gasteiger charge is -2.27. The highest BCUT2D eigenvalue weighted by molar-refractivity contribution is 7.99. The number of rotatable bonds is 6. The van der Waals surface area contributed by atoms with Crippen molar-refractivity contribution in [3.8, 4) is 0 Å². The third kappa shape index (κ3) is 3.94. The maximum atomic E-state index is 3.62. The number of nitrogens with one attached hydrogen (secondary N) is 1. The Bertz CT molecular complexity index is 168. The zero-order valence-electron chi connectivity index (χ0n) is 10.6. The van der Waals surface area contributed by atoms with Crippen LogP contribution in [0.3, 0.4) is 0 Å². The monoisotopic (exact) mass is 242 g/mol. The van der Waals surface area contributed by atoms with Crippen molar-refractivity contribution >= 4 is 11.8 Å². The first-order valence-corrected chi connectivity index (χ1v) is 8.07. The van der Waals surface area contributed by atoms with E-state index in [0.717, 1.165) is 12.0 Å². The molecule has 2 aliphatic heterocycles. The molecule has 94 valence electrons. The van der Waals surface area contributed by atoms with Gasteiger partial charge in [-0.1, -0.05) is 6.92 Å². The standard InChI is InChI=1S/C13H26N2S/c1-2-7-15(9-12-5-8-16-11-12)10-13-4-3-6-14-13/h12-14H,2-11H2,1H3. The Balaban J connectivity index is 1.73. The van der Waals surface area contributed by atoms with Crippen molar-refractivity contribution in [2.24, 2.45) is 5.92 Å². The van der Waals surface area contributed by atoms with Gasteiger partial charge in [0.1, 0.15) is 0 Å². The smallest absolute Gasteiger partial charge is 0.0195 e. The molecule has 2 heterocycles. The third-order valence-electron chi connectivity index (χ3n) is 3.72. The van der Waals surface area contributed by atoms with Gasteiger partial charge in [0.05, 0.1) is 0 Å². The molecule has 3 heteroatoms. The SMILES string of the molecule is CCCN(CC1CCSC1)CC1CCCN1. The Morgan fingerprint density at radius 2 is 2.25 bits per heavy atom. The van der Waals surface area contributed by atoms with Gasteiger partial charge in [-0.3, -0.25) is 0 Å². The van der Waals surface area contributed by atoms with Crippen LogP contribution in [-0.2, 0) is 0 Å². The maximum absolute atomic E-state index is 3.62. The van der Waals surface area contributed by atoms with Crippen molar-refractivity contribution in [1.82, 2.24) is 10.2 Å². The summed E-state index contributed by atoms with van der Waals surface area (Å²) in [5.41, 5.74) is 0. The van der Waals surface area contributed by atoms with Gasteiger partial charge in [-0.2, -0.15) is 11.8 Å². The summed E-state index contributed by atoms with van der Waals surface area (Å²) >= 11 is 2.14. The van der Waals surface area contributed by atoms with Crippen molar-refractivity contribution in [3.63, 3.8) is 0 Å². The summed E-state index contributed by atoms with van der Waals surface area (Å²) in [5, 5.41) is 3.62. The molecule has 0 bridgehead atoms. The van der Waals surface area contributed by atoms with Crippen LogP contribution in [0.1, 0.15) is 32.6 Å². The number of hydrogen-bond donors (Lipinski definition) is 1. The Labute approximate surface area is 105 Å². The summed E-state index contributed by atoms with van der Waals surface area (Å²) in [6.45, 7) is 7.47. The fourth-order valence-corrected chi connectivity index (χ4v) is 4.16. The van der Waals surface area contributed by atoms with E-state index in [1.54, 1.807) is 0 Å². The van der Waals surface area contributed by atoms with E-state index in [4.69, 9.17) is 0 Å². The van der Waals surface area contributed by atoms with Gasteiger partial charge in [0.2, 0.25) is 0 Å². The highest BCUT2D eigenvalue weighted by Gasteiger charge is 2.22. The molecule has 2 aliphatic rings. The quantitative estimate of drug-likeness (QED) is 0.769.